The topological polar surface area (TPSA) is 95.1 Å². The number of hydrogen-bond acceptors (Lipinski definition) is 5. The molecule has 2 rings (SSSR count). The monoisotopic (exact) mass is 301 g/mol. The van der Waals surface area contributed by atoms with Gasteiger partial charge in [0.25, 0.3) is 0 Å². The molecule has 2 aromatic heterocycles. The number of rotatable bonds is 5. The Morgan fingerprint density at radius 1 is 1.53 bits per heavy atom. The summed E-state index contributed by atoms with van der Waals surface area (Å²) in [6.07, 6.45) is 2.99. The molecule has 8 heteroatoms. The van der Waals surface area contributed by atoms with Crippen LogP contribution >= 0.6 is 11.3 Å². The number of aromatic amines is 1. The van der Waals surface area contributed by atoms with Crippen LogP contribution < -0.4 is 4.72 Å². The van der Waals surface area contributed by atoms with Gasteiger partial charge >= 0.3 is 0 Å². The van der Waals surface area contributed by atoms with E-state index in [9.17, 15) is 8.42 Å². The van der Waals surface area contributed by atoms with E-state index in [1.165, 1.54) is 23.6 Å². The normalized spacial score (nSPS) is 12.8. The summed E-state index contributed by atoms with van der Waals surface area (Å²) < 4.78 is 27.1. The van der Waals surface area contributed by atoms with E-state index >= 15 is 0 Å². The van der Waals surface area contributed by atoms with E-state index < -0.39 is 15.6 Å². The van der Waals surface area contributed by atoms with Crippen LogP contribution in [0.25, 0.3) is 0 Å². The lowest BCUT2D eigenvalue weighted by molar-refractivity contribution is 0.277. The molecule has 0 saturated carbocycles. The van der Waals surface area contributed by atoms with Crippen molar-refractivity contribution < 1.29 is 13.5 Å². The molecule has 3 N–H and O–H groups in total. The van der Waals surface area contributed by atoms with Crippen molar-refractivity contribution in [1.29, 1.82) is 0 Å². The number of sulfonamides is 1. The lowest BCUT2D eigenvalue weighted by Gasteiger charge is -2.23. The molecule has 0 amide bonds. The lowest BCUT2D eigenvalue weighted by atomic mass is 10.1. The minimum atomic E-state index is -3.66. The van der Waals surface area contributed by atoms with Crippen LogP contribution in [0.5, 0.6) is 0 Å². The van der Waals surface area contributed by atoms with Crippen molar-refractivity contribution in [2.24, 2.45) is 0 Å². The van der Waals surface area contributed by atoms with Gasteiger partial charge in [0.1, 0.15) is 5.01 Å². The first-order chi connectivity index (χ1) is 8.85. The third-order valence-electron chi connectivity index (χ3n) is 2.55. The van der Waals surface area contributed by atoms with Crippen molar-refractivity contribution in [2.45, 2.75) is 30.9 Å². The Bertz CT molecular complexity index is 645. The number of aliphatic hydroxyl groups is 1. The van der Waals surface area contributed by atoms with E-state index in [0.29, 0.717) is 10.7 Å². The number of hydrogen-bond donors (Lipinski definition) is 3. The molecular weight excluding hydrogens is 286 g/mol. The van der Waals surface area contributed by atoms with Gasteiger partial charge < -0.3 is 10.1 Å². The molecule has 0 bridgehead atoms. The average molecular weight is 301 g/mol. The van der Waals surface area contributed by atoms with Crippen LogP contribution in [0.1, 0.15) is 24.5 Å². The summed E-state index contributed by atoms with van der Waals surface area (Å²) in [5, 5.41) is 11.4. The minimum Gasteiger partial charge on any atom is -0.390 e. The highest BCUT2D eigenvalue weighted by atomic mass is 32.2. The van der Waals surface area contributed by atoms with E-state index in [0.717, 1.165) is 0 Å². The van der Waals surface area contributed by atoms with E-state index in [-0.39, 0.29) is 11.5 Å². The van der Waals surface area contributed by atoms with Gasteiger partial charge in [-0.15, -0.1) is 11.3 Å². The Morgan fingerprint density at radius 2 is 2.26 bits per heavy atom. The number of nitrogens with one attached hydrogen (secondary N) is 2. The lowest BCUT2D eigenvalue weighted by Crippen LogP contribution is -2.40. The summed E-state index contributed by atoms with van der Waals surface area (Å²) >= 11 is 1.39. The molecule has 0 spiro atoms. The number of aromatic nitrogens is 2. The molecule has 19 heavy (non-hydrogen) atoms. The zero-order valence-corrected chi connectivity index (χ0v) is 12.2. The smallest absolute Gasteiger partial charge is 0.242 e. The molecular formula is C11H15N3O3S2. The maximum Gasteiger partial charge on any atom is 0.242 e. The summed E-state index contributed by atoms with van der Waals surface area (Å²) in [4.78, 5) is 6.93. The third-order valence-corrected chi connectivity index (χ3v) is 5.29. The highest BCUT2D eigenvalue weighted by molar-refractivity contribution is 7.89. The first-order valence-corrected chi connectivity index (χ1v) is 7.93. The van der Waals surface area contributed by atoms with Gasteiger partial charge in [0, 0.05) is 23.5 Å². The SMILES string of the molecule is CC(C)(NS(=O)(=O)c1c[nH]c(CO)c1)c1nccs1. The summed E-state index contributed by atoms with van der Waals surface area (Å²) in [6.45, 7) is 3.28. The maximum absolute atomic E-state index is 12.2. The summed E-state index contributed by atoms with van der Waals surface area (Å²) in [5.41, 5.74) is -0.337. The Hall–Kier alpha value is -1.22. The quantitative estimate of drug-likeness (QED) is 0.772. The molecule has 0 radical (unpaired) electrons. The molecule has 0 aliphatic heterocycles. The molecule has 0 atom stereocenters. The van der Waals surface area contributed by atoms with Gasteiger partial charge in [-0.25, -0.2) is 13.4 Å². The molecule has 0 fully saturated rings. The van der Waals surface area contributed by atoms with Gasteiger partial charge in [-0.3, -0.25) is 0 Å². The second kappa shape index (κ2) is 5.04. The molecule has 0 saturated heterocycles. The standard InChI is InChI=1S/C11H15N3O3S2/c1-11(2,10-12-3-4-18-10)14-19(16,17)9-5-8(7-15)13-6-9/h3-6,13-15H,7H2,1-2H3. The first-order valence-electron chi connectivity index (χ1n) is 5.57. The van der Waals surface area contributed by atoms with E-state index in [1.807, 2.05) is 0 Å². The first kappa shape index (κ1) is 14.2. The van der Waals surface area contributed by atoms with Crippen molar-refractivity contribution in [2.75, 3.05) is 0 Å². The second-order valence-corrected chi connectivity index (χ2v) is 7.16. The number of aliphatic hydroxyl groups excluding tert-OH is 1. The Kier molecular flexibility index (Phi) is 3.77. The molecule has 104 valence electrons. The number of nitrogens with zero attached hydrogens (tertiary/aromatic N) is 1. The zero-order chi connectivity index (χ0) is 14.1. The Morgan fingerprint density at radius 3 is 2.79 bits per heavy atom. The molecule has 0 aromatic carbocycles. The van der Waals surface area contributed by atoms with Crippen LogP contribution in [-0.4, -0.2) is 23.5 Å². The minimum absolute atomic E-state index is 0.0983. The highest BCUT2D eigenvalue weighted by Crippen LogP contribution is 2.24. The Balaban J connectivity index is 2.26. The molecule has 0 aliphatic carbocycles. The van der Waals surface area contributed by atoms with Gasteiger partial charge in [0.15, 0.2) is 0 Å². The molecule has 0 aliphatic rings. The predicted octanol–water partition coefficient (Wildman–Crippen LogP) is 1.18. The molecule has 2 aromatic rings. The van der Waals surface area contributed by atoms with Gasteiger partial charge in [0.05, 0.1) is 17.0 Å². The summed E-state index contributed by atoms with van der Waals surface area (Å²) in [7, 11) is -3.66. The van der Waals surface area contributed by atoms with Crippen LogP contribution in [-0.2, 0) is 22.2 Å². The van der Waals surface area contributed by atoms with Crippen LogP contribution in [0, 0.1) is 0 Å². The number of thiazole rings is 1. The van der Waals surface area contributed by atoms with E-state index in [1.54, 1.807) is 25.4 Å². The van der Waals surface area contributed by atoms with Crippen molar-refractivity contribution in [3.05, 3.63) is 34.5 Å². The van der Waals surface area contributed by atoms with Gasteiger partial charge in [-0.1, -0.05) is 0 Å². The highest BCUT2D eigenvalue weighted by Gasteiger charge is 2.30. The van der Waals surface area contributed by atoms with Crippen molar-refractivity contribution in [3.8, 4) is 0 Å². The van der Waals surface area contributed by atoms with E-state index in [2.05, 4.69) is 14.7 Å². The number of H-pyrrole nitrogens is 1. The van der Waals surface area contributed by atoms with E-state index in [4.69, 9.17) is 5.11 Å². The summed E-state index contributed by atoms with van der Waals surface area (Å²) in [6, 6.07) is 1.40. The molecule has 0 unspecified atom stereocenters. The van der Waals surface area contributed by atoms with Crippen molar-refractivity contribution >= 4 is 21.4 Å². The molecule has 6 nitrogen and oxygen atoms in total. The van der Waals surface area contributed by atoms with Crippen molar-refractivity contribution in [3.63, 3.8) is 0 Å². The van der Waals surface area contributed by atoms with Crippen molar-refractivity contribution in [1.82, 2.24) is 14.7 Å². The Labute approximate surface area is 115 Å². The van der Waals surface area contributed by atoms with Crippen LogP contribution in [0.15, 0.2) is 28.7 Å². The maximum atomic E-state index is 12.2. The van der Waals surface area contributed by atoms with Crippen LogP contribution in [0.3, 0.4) is 0 Å². The largest absolute Gasteiger partial charge is 0.390 e. The predicted molar refractivity (Wildman–Crippen MR) is 72.2 cm³/mol. The van der Waals surface area contributed by atoms with Gasteiger partial charge in [-0.2, -0.15) is 4.72 Å². The van der Waals surface area contributed by atoms with Gasteiger partial charge in [0.2, 0.25) is 10.0 Å². The fraction of sp³-hybridized carbons (Fsp3) is 0.364. The summed E-state index contributed by atoms with van der Waals surface area (Å²) in [5.74, 6) is 0. The fourth-order valence-corrected chi connectivity index (χ4v) is 3.82. The average Bonchev–Trinajstić information content (AvgIpc) is 2.99. The van der Waals surface area contributed by atoms with Gasteiger partial charge in [-0.05, 0) is 19.9 Å². The second-order valence-electron chi connectivity index (χ2n) is 4.59. The third kappa shape index (κ3) is 3.03. The zero-order valence-electron chi connectivity index (χ0n) is 10.5. The molecule has 2 heterocycles. The van der Waals surface area contributed by atoms with Crippen LogP contribution in [0.4, 0.5) is 0 Å². The van der Waals surface area contributed by atoms with Crippen LogP contribution in [0.2, 0.25) is 0 Å². The fourth-order valence-electron chi connectivity index (χ4n) is 1.64.